The SMILES string of the molecule is CNC(Cc1ncnn1C)c1ccc(C)cc1C. The highest BCUT2D eigenvalue weighted by atomic mass is 15.3. The maximum Gasteiger partial charge on any atom is 0.138 e. The average Bonchev–Trinajstić information content (AvgIpc) is 2.73. The number of hydrogen-bond donors (Lipinski definition) is 1. The molecule has 0 saturated carbocycles. The van der Waals surface area contributed by atoms with Crippen LogP contribution in [0.3, 0.4) is 0 Å². The molecule has 0 aliphatic heterocycles. The predicted molar refractivity (Wildman–Crippen MR) is 72.4 cm³/mol. The number of hydrogen-bond acceptors (Lipinski definition) is 3. The standard InChI is InChI=1S/C14H20N4/c1-10-5-6-12(11(2)7-10)13(15-3)8-14-16-9-17-18(14)4/h5-7,9,13,15H,8H2,1-4H3. The number of nitrogens with zero attached hydrogens (tertiary/aromatic N) is 3. The van der Waals surface area contributed by atoms with Gasteiger partial charge in [-0.2, -0.15) is 5.10 Å². The second-order valence-corrected chi connectivity index (χ2v) is 4.71. The first kappa shape index (κ1) is 12.8. The van der Waals surface area contributed by atoms with Gasteiger partial charge in [-0.25, -0.2) is 4.98 Å². The Morgan fingerprint density at radius 3 is 2.67 bits per heavy atom. The average molecular weight is 244 g/mol. The zero-order valence-electron chi connectivity index (χ0n) is 11.4. The molecule has 2 aromatic rings. The molecule has 2 rings (SSSR count). The van der Waals surface area contributed by atoms with Crippen LogP contribution in [-0.2, 0) is 13.5 Å². The molecule has 1 atom stereocenters. The van der Waals surface area contributed by atoms with Gasteiger partial charge in [-0.1, -0.05) is 23.8 Å². The molecule has 0 fully saturated rings. The van der Waals surface area contributed by atoms with E-state index in [1.54, 1.807) is 6.33 Å². The number of aromatic nitrogens is 3. The number of aryl methyl sites for hydroxylation is 3. The van der Waals surface area contributed by atoms with Crippen LogP contribution in [0.25, 0.3) is 0 Å². The van der Waals surface area contributed by atoms with Crippen LogP contribution in [0.5, 0.6) is 0 Å². The van der Waals surface area contributed by atoms with Gasteiger partial charge in [0.1, 0.15) is 12.2 Å². The fourth-order valence-corrected chi connectivity index (χ4v) is 2.27. The molecule has 0 aliphatic rings. The van der Waals surface area contributed by atoms with E-state index in [4.69, 9.17) is 0 Å². The largest absolute Gasteiger partial charge is 0.313 e. The van der Waals surface area contributed by atoms with Crippen molar-refractivity contribution in [1.82, 2.24) is 20.1 Å². The van der Waals surface area contributed by atoms with Crippen LogP contribution in [0.15, 0.2) is 24.5 Å². The van der Waals surface area contributed by atoms with E-state index in [-0.39, 0.29) is 6.04 Å². The van der Waals surface area contributed by atoms with Gasteiger partial charge >= 0.3 is 0 Å². The van der Waals surface area contributed by atoms with Crippen molar-refractivity contribution < 1.29 is 0 Å². The van der Waals surface area contributed by atoms with Gasteiger partial charge in [-0.15, -0.1) is 0 Å². The van der Waals surface area contributed by atoms with Crippen LogP contribution in [0.4, 0.5) is 0 Å². The Bertz CT molecular complexity index is 530. The molecule has 1 aromatic heterocycles. The Hall–Kier alpha value is -1.68. The maximum absolute atomic E-state index is 4.29. The van der Waals surface area contributed by atoms with Crippen LogP contribution < -0.4 is 5.32 Å². The Morgan fingerprint density at radius 1 is 1.33 bits per heavy atom. The molecule has 0 spiro atoms. The highest BCUT2D eigenvalue weighted by molar-refractivity contribution is 5.33. The third-order valence-electron chi connectivity index (χ3n) is 3.34. The Balaban J connectivity index is 2.26. The summed E-state index contributed by atoms with van der Waals surface area (Å²) in [5.74, 6) is 0.995. The summed E-state index contributed by atoms with van der Waals surface area (Å²) in [4.78, 5) is 4.29. The highest BCUT2D eigenvalue weighted by Gasteiger charge is 2.15. The number of likely N-dealkylation sites (N-methyl/N-ethyl adjacent to an activating group) is 1. The summed E-state index contributed by atoms with van der Waals surface area (Å²) in [6.07, 6.45) is 2.45. The molecule has 1 unspecified atom stereocenters. The van der Waals surface area contributed by atoms with Gasteiger partial charge in [-0.3, -0.25) is 4.68 Å². The maximum atomic E-state index is 4.29. The lowest BCUT2D eigenvalue weighted by molar-refractivity contribution is 0.551. The Kier molecular flexibility index (Phi) is 3.77. The van der Waals surface area contributed by atoms with Crippen molar-refractivity contribution in [2.24, 2.45) is 7.05 Å². The minimum absolute atomic E-state index is 0.272. The molecule has 4 heteroatoms. The van der Waals surface area contributed by atoms with Gasteiger partial charge in [0.05, 0.1) is 0 Å². The first-order chi connectivity index (χ1) is 8.61. The van der Waals surface area contributed by atoms with Crippen molar-refractivity contribution in [2.45, 2.75) is 26.3 Å². The zero-order valence-corrected chi connectivity index (χ0v) is 11.4. The summed E-state index contributed by atoms with van der Waals surface area (Å²) in [6, 6.07) is 6.84. The highest BCUT2D eigenvalue weighted by Crippen LogP contribution is 2.21. The molecule has 0 amide bonds. The molecule has 1 N–H and O–H groups in total. The molecule has 96 valence electrons. The van der Waals surface area contributed by atoms with Crippen molar-refractivity contribution >= 4 is 0 Å². The van der Waals surface area contributed by atoms with Gasteiger partial charge < -0.3 is 5.32 Å². The third kappa shape index (κ3) is 2.59. The van der Waals surface area contributed by atoms with E-state index in [1.807, 2.05) is 18.8 Å². The second-order valence-electron chi connectivity index (χ2n) is 4.71. The van der Waals surface area contributed by atoms with Crippen LogP contribution in [-0.4, -0.2) is 21.8 Å². The zero-order chi connectivity index (χ0) is 13.1. The number of nitrogens with one attached hydrogen (secondary N) is 1. The van der Waals surface area contributed by atoms with Crippen molar-refractivity contribution in [3.8, 4) is 0 Å². The number of rotatable bonds is 4. The summed E-state index contributed by atoms with van der Waals surface area (Å²) >= 11 is 0. The van der Waals surface area contributed by atoms with Crippen LogP contribution in [0.2, 0.25) is 0 Å². The lowest BCUT2D eigenvalue weighted by atomic mass is 9.97. The topological polar surface area (TPSA) is 42.7 Å². The van der Waals surface area contributed by atoms with Gasteiger partial charge in [0, 0.05) is 19.5 Å². The summed E-state index contributed by atoms with van der Waals surface area (Å²) in [6.45, 7) is 4.27. The monoisotopic (exact) mass is 244 g/mol. The third-order valence-corrected chi connectivity index (χ3v) is 3.34. The van der Waals surface area contributed by atoms with Crippen molar-refractivity contribution in [3.63, 3.8) is 0 Å². The molecular formula is C14H20N4. The fraction of sp³-hybridized carbons (Fsp3) is 0.429. The van der Waals surface area contributed by atoms with E-state index < -0.39 is 0 Å². The summed E-state index contributed by atoms with van der Waals surface area (Å²) in [5, 5.41) is 7.47. The van der Waals surface area contributed by atoms with E-state index >= 15 is 0 Å². The predicted octanol–water partition coefficient (Wildman–Crippen LogP) is 1.94. The van der Waals surface area contributed by atoms with Crippen LogP contribution in [0.1, 0.15) is 28.6 Å². The minimum Gasteiger partial charge on any atom is -0.313 e. The quantitative estimate of drug-likeness (QED) is 0.893. The molecule has 0 radical (unpaired) electrons. The Labute approximate surface area is 108 Å². The Morgan fingerprint density at radius 2 is 2.11 bits per heavy atom. The molecule has 1 aromatic carbocycles. The smallest absolute Gasteiger partial charge is 0.138 e. The first-order valence-corrected chi connectivity index (χ1v) is 6.19. The van der Waals surface area contributed by atoms with Crippen molar-refractivity contribution in [1.29, 1.82) is 0 Å². The van der Waals surface area contributed by atoms with E-state index in [0.717, 1.165) is 12.2 Å². The normalized spacial score (nSPS) is 12.7. The van der Waals surface area contributed by atoms with Gasteiger partial charge in [0.25, 0.3) is 0 Å². The van der Waals surface area contributed by atoms with E-state index in [9.17, 15) is 0 Å². The first-order valence-electron chi connectivity index (χ1n) is 6.19. The summed E-state index contributed by atoms with van der Waals surface area (Å²) in [7, 11) is 3.91. The van der Waals surface area contributed by atoms with E-state index in [2.05, 4.69) is 47.4 Å². The van der Waals surface area contributed by atoms with E-state index in [1.165, 1.54) is 16.7 Å². The van der Waals surface area contributed by atoms with Gasteiger partial charge in [-0.05, 0) is 32.0 Å². The summed E-state index contributed by atoms with van der Waals surface area (Å²) in [5.41, 5.74) is 3.94. The van der Waals surface area contributed by atoms with Crippen LogP contribution >= 0.6 is 0 Å². The summed E-state index contributed by atoms with van der Waals surface area (Å²) < 4.78 is 1.83. The molecule has 0 aliphatic carbocycles. The lowest BCUT2D eigenvalue weighted by Gasteiger charge is -2.18. The molecule has 1 heterocycles. The van der Waals surface area contributed by atoms with Gasteiger partial charge in [0.2, 0.25) is 0 Å². The van der Waals surface area contributed by atoms with Crippen molar-refractivity contribution in [3.05, 3.63) is 47.0 Å². The fourth-order valence-electron chi connectivity index (χ4n) is 2.27. The molecule has 0 bridgehead atoms. The molecule has 18 heavy (non-hydrogen) atoms. The van der Waals surface area contributed by atoms with Crippen LogP contribution in [0, 0.1) is 13.8 Å². The van der Waals surface area contributed by atoms with Gasteiger partial charge in [0.15, 0.2) is 0 Å². The van der Waals surface area contributed by atoms with E-state index in [0.29, 0.717) is 0 Å². The molecule has 0 saturated heterocycles. The minimum atomic E-state index is 0.272. The number of benzene rings is 1. The second kappa shape index (κ2) is 5.31. The van der Waals surface area contributed by atoms with Crippen molar-refractivity contribution in [2.75, 3.05) is 7.05 Å². The molecular weight excluding hydrogens is 224 g/mol. The lowest BCUT2D eigenvalue weighted by Crippen LogP contribution is -2.21. The molecule has 4 nitrogen and oxygen atoms in total.